The van der Waals surface area contributed by atoms with Gasteiger partial charge in [0.1, 0.15) is 12.0 Å². The van der Waals surface area contributed by atoms with Crippen molar-refractivity contribution in [1.29, 1.82) is 0 Å². The van der Waals surface area contributed by atoms with Crippen molar-refractivity contribution in [2.24, 2.45) is 10.7 Å². The maximum Gasteiger partial charge on any atom is 0.278 e. The fourth-order valence-corrected chi connectivity index (χ4v) is 2.85. The van der Waals surface area contributed by atoms with Gasteiger partial charge in [0.15, 0.2) is 11.5 Å². The van der Waals surface area contributed by atoms with Crippen LogP contribution in [0.1, 0.15) is 28.5 Å². The van der Waals surface area contributed by atoms with Crippen LogP contribution in [0.3, 0.4) is 0 Å². The molecule has 0 aliphatic carbocycles. The molecule has 31 heavy (non-hydrogen) atoms. The van der Waals surface area contributed by atoms with Crippen molar-refractivity contribution in [2.75, 3.05) is 32.6 Å². The predicted octanol–water partition coefficient (Wildman–Crippen LogP) is -0.139. The van der Waals surface area contributed by atoms with E-state index in [0.29, 0.717) is 24.6 Å². The average Bonchev–Trinajstić information content (AvgIpc) is 3.33. The average molecular weight is 425 g/mol. The first-order valence-corrected chi connectivity index (χ1v) is 9.45. The fourth-order valence-electron chi connectivity index (χ4n) is 2.85. The van der Waals surface area contributed by atoms with Crippen LogP contribution in [-0.4, -0.2) is 65.3 Å². The van der Waals surface area contributed by atoms with Gasteiger partial charge in [-0.3, -0.25) is 14.6 Å². The molecule has 1 fully saturated rings. The zero-order valence-corrected chi connectivity index (χ0v) is 17.1. The Morgan fingerprint density at radius 1 is 1.29 bits per heavy atom. The molecule has 2 aromatic heterocycles. The number of carbonyl (C=O) groups excluding carboxylic acids is 2. The van der Waals surface area contributed by atoms with Crippen molar-refractivity contribution < 1.29 is 14.3 Å². The Morgan fingerprint density at radius 2 is 2.06 bits per heavy atom. The van der Waals surface area contributed by atoms with Gasteiger partial charge in [0.25, 0.3) is 11.8 Å². The molecule has 1 saturated heterocycles. The third-order valence-corrected chi connectivity index (χ3v) is 4.45. The zero-order valence-electron chi connectivity index (χ0n) is 17.1. The molecule has 1 atom stereocenters. The zero-order chi connectivity index (χ0) is 22.2. The van der Waals surface area contributed by atoms with E-state index < -0.39 is 11.8 Å². The van der Waals surface area contributed by atoms with Gasteiger partial charge in [0.05, 0.1) is 42.3 Å². The van der Waals surface area contributed by atoms with E-state index in [1.165, 1.54) is 39.0 Å². The number of carbonyl (C=O) groups is 2. The number of nitrogens with two attached hydrogens (primary N) is 1. The molecule has 5 N–H and O–H groups in total. The van der Waals surface area contributed by atoms with E-state index in [1.807, 2.05) is 0 Å². The highest BCUT2D eigenvalue weighted by Crippen LogP contribution is 2.25. The monoisotopic (exact) mass is 425 g/mol. The Bertz CT molecular complexity index is 1000. The van der Waals surface area contributed by atoms with Crippen molar-refractivity contribution in [3.8, 4) is 0 Å². The van der Waals surface area contributed by atoms with Gasteiger partial charge in [-0.15, -0.1) is 0 Å². The second-order valence-electron chi connectivity index (χ2n) is 6.55. The number of nitrogens with zero attached hydrogens (tertiary/aromatic N) is 5. The minimum Gasteiger partial charge on any atom is -0.393 e. The summed E-state index contributed by atoms with van der Waals surface area (Å²) in [7, 11) is 2.92. The number of hydrogen-bond donors (Lipinski definition) is 4. The van der Waals surface area contributed by atoms with E-state index in [0.717, 1.165) is 6.42 Å². The van der Waals surface area contributed by atoms with Gasteiger partial charge in [-0.05, 0) is 6.42 Å². The van der Waals surface area contributed by atoms with Crippen LogP contribution in [0.2, 0.25) is 0 Å². The van der Waals surface area contributed by atoms with E-state index in [9.17, 15) is 9.59 Å². The van der Waals surface area contributed by atoms with E-state index in [-0.39, 0.29) is 28.8 Å². The third-order valence-electron chi connectivity index (χ3n) is 4.45. The number of ether oxygens (including phenoxy) is 1. The van der Waals surface area contributed by atoms with E-state index >= 15 is 0 Å². The van der Waals surface area contributed by atoms with Crippen LogP contribution in [0.4, 0.5) is 11.5 Å². The van der Waals surface area contributed by atoms with Crippen molar-refractivity contribution in [1.82, 2.24) is 30.6 Å². The lowest BCUT2D eigenvalue weighted by molar-refractivity contribution is -0.117. The van der Waals surface area contributed by atoms with Crippen LogP contribution in [-0.2, 0) is 9.53 Å². The summed E-state index contributed by atoms with van der Waals surface area (Å²) in [5.74, 6) is -0.940. The van der Waals surface area contributed by atoms with Crippen molar-refractivity contribution in [2.45, 2.75) is 12.3 Å². The second-order valence-corrected chi connectivity index (χ2v) is 6.55. The molecule has 1 unspecified atom stereocenters. The van der Waals surface area contributed by atoms with Gasteiger partial charge >= 0.3 is 0 Å². The smallest absolute Gasteiger partial charge is 0.278 e. The van der Waals surface area contributed by atoms with Crippen LogP contribution in [0.25, 0.3) is 0 Å². The highest BCUT2D eigenvalue weighted by molar-refractivity contribution is 6.05. The quantitative estimate of drug-likeness (QED) is 0.348. The molecule has 1 aliphatic heterocycles. The topological polar surface area (TPSA) is 169 Å². The lowest BCUT2D eigenvalue weighted by Crippen LogP contribution is -2.34. The Balaban J connectivity index is 1.97. The van der Waals surface area contributed by atoms with Crippen molar-refractivity contribution in [3.05, 3.63) is 47.7 Å². The maximum atomic E-state index is 13.1. The molecule has 0 radical (unpaired) electrons. The molecule has 0 aromatic carbocycles. The van der Waals surface area contributed by atoms with Crippen LogP contribution >= 0.6 is 0 Å². The van der Waals surface area contributed by atoms with Gasteiger partial charge in [0, 0.05) is 32.8 Å². The molecule has 3 rings (SSSR count). The number of amides is 2. The van der Waals surface area contributed by atoms with Gasteiger partial charge in [-0.2, -0.15) is 0 Å². The summed E-state index contributed by atoms with van der Waals surface area (Å²) in [5, 5.41) is 7.99. The largest absolute Gasteiger partial charge is 0.393 e. The van der Waals surface area contributed by atoms with E-state index in [2.05, 4.69) is 40.9 Å². The Kier molecular flexibility index (Phi) is 7.17. The first-order valence-electron chi connectivity index (χ1n) is 9.45. The van der Waals surface area contributed by atoms with Crippen LogP contribution in [0.5, 0.6) is 0 Å². The Morgan fingerprint density at radius 3 is 2.71 bits per heavy atom. The molecule has 162 valence electrons. The molecular formula is C19H23N9O3. The molecule has 0 spiro atoms. The highest BCUT2D eigenvalue weighted by Gasteiger charge is 2.24. The summed E-state index contributed by atoms with van der Waals surface area (Å²) >= 11 is 0. The number of likely N-dealkylation sites (N-methyl/N-ethyl adjacent to an activating group) is 1. The molecule has 12 nitrogen and oxygen atoms in total. The molecule has 0 saturated carbocycles. The second kappa shape index (κ2) is 10.2. The summed E-state index contributed by atoms with van der Waals surface area (Å²) < 4.78 is 5.42. The molecule has 0 bridgehead atoms. The molecule has 2 amide bonds. The summed E-state index contributed by atoms with van der Waals surface area (Å²) in [5.41, 5.74) is 6.87. The normalized spacial score (nSPS) is 16.6. The first kappa shape index (κ1) is 21.8. The Labute approximate surface area is 178 Å². The summed E-state index contributed by atoms with van der Waals surface area (Å²) in [6, 6.07) is 0. The number of aliphatic imine (C=N–C) groups is 1. The number of rotatable bonds is 7. The van der Waals surface area contributed by atoms with Crippen molar-refractivity contribution >= 4 is 29.5 Å². The van der Waals surface area contributed by atoms with Crippen LogP contribution in [0, 0.1) is 0 Å². The predicted molar refractivity (Wildman–Crippen MR) is 113 cm³/mol. The van der Waals surface area contributed by atoms with E-state index in [4.69, 9.17) is 10.5 Å². The van der Waals surface area contributed by atoms with Crippen molar-refractivity contribution in [3.63, 3.8) is 0 Å². The van der Waals surface area contributed by atoms with Crippen LogP contribution < -0.4 is 21.7 Å². The Hall–Kier alpha value is -3.93. The molecule has 1 aliphatic rings. The highest BCUT2D eigenvalue weighted by atomic mass is 16.5. The number of nitrogens with one attached hydrogen (secondary N) is 3. The molecular weight excluding hydrogens is 402 g/mol. The SMILES string of the molecule is CN=CC(NC(=O)c1nc(C2CCOC2)cnc1Nc1cncnc1)=C(N)C(=O)NC. The standard InChI is InChI=1S/C19H23N9O3/c1-21-7-14(15(20)18(29)22-2)28-19(30)16-17(26-12-5-23-10-24-6-12)25-8-13(27-16)11-3-4-31-9-11/h5-8,10-11H,3-4,9,20H2,1-2H3,(H,22,29)(H,25,26)(H,28,30). The number of hydrogen-bond acceptors (Lipinski definition) is 10. The minimum absolute atomic E-state index is 0.0139. The summed E-state index contributed by atoms with van der Waals surface area (Å²) in [6.07, 6.45) is 8.12. The maximum absolute atomic E-state index is 13.1. The number of aromatic nitrogens is 4. The first-order chi connectivity index (χ1) is 15.0. The fraction of sp³-hybridized carbons (Fsp3) is 0.316. The van der Waals surface area contributed by atoms with Gasteiger partial charge in [-0.1, -0.05) is 0 Å². The number of anilines is 2. The molecule has 3 heterocycles. The number of allylic oxidation sites excluding steroid dienone is 1. The van der Waals surface area contributed by atoms with Gasteiger partial charge < -0.3 is 26.4 Å². The minimum atomic E-state index is -0.616. The van der Waals surface area contributed by atoms with Crippen LogP contribution in [0.15, 0.2) is 41.3 Å². The lowest BCUT2D eigenvalue weighted by atomic mass is 10.1. The molecule has 2 aromatic rings. The third kappa shape index (κ3) is 5.36. The molecule has 12 heteroatoms. The van der Waals surface area contributed by atoms with Gasteiger partial charge in [-0.25, -0.2) is 19.9 Å². The summed E-state index contributed by atoms with van der Waals surface area (Å²) in [4.78, 5) is 45.7. The summed E-state index contributed by atoms with van der Waals surface area (Å²) in [6.45, 7) is 1.13. The lowest BCUT2D eigenvalue weighted by Gasteiger charge is -2.14. The van der Waals surface area contributed by atoms with Gasteiger partial charge in [0.2, 0.25) is 0 Å². The van der Waals surface area contributed by atoms with E-state index in [1.54, 1.807) is 6.20 Å².